The molecule has 17 heavy (non-hydrogen) atoms. The van der Waals surface area contributed by atoms with Crippen LogP contribution in [0, 0.1) is 0 Å². The van der Waals surface area contributed by atoms with Crippen LogP contribution in [0.25, 0.3) is 5.57 Å². The normalized spacial score (nSPS) is 22.2. The molecule has 2 nitrogen and oxygen atoms in total. The highest BCUT2D eigenvalue weighted by Crippen LogP contribution is 2.30. The molecule has 1 unspecified atom stereocenters. The van der Waals surface area contributed by atoms with Gasteiger partial charge in [-0.15, -0.1) is 0 Å². The van der Waals surface area contributed by atoms with E-state index in [1.54, 1.807) is 0 Å². The highest BCUT2D eigenvalue weighted by Gasteiger charge is 2.22. The summed E-state index contributed by atoms with van der Waals surface area (Å²) in [5.74, 6) is 0. The third kappa shape index (κ3) is 1.95. The highest BCUT2D eigenvalue weighted by atomic mass is 79.9. The number of allylic oxidation sites excluding steroid dienone is 3. The van der Waals surface area contributed by atoms with E-state index in [-0.39, 0.29) is 6.17 Å². The zero-order chi connectivity index (χ0) is 11.8. The summed E-state index contributed by atoms with van der Waals surface area (Å²) in [7, 11) is 0. The molecule has 2 aliphatic rings. The maximum absolute atomic E-state index is 4.40. The predicted molar refractivity (Wildman–Crippen MR) is 74.6 cm³/mol. The van der Waals surface area contributed by atoms with Crippen LogP contribution in [0.4, 0.5) is 0 Å². The molecular weight excluding hydrogens is 276 g/mol. The lowest BCUT2D eigenvalue weighted by molar-refractivity contribution is 0.408. The molecule has 0 bridgehead atoms. The van der Waals surface area contributed by atoms with Crippen LogP contribution >= 0.6 is 15.9 Å². The van der Waals surface area contributed by atoms with Gasteiger partial charge in [-0.3, -0.25) is 4.99 Å². The van der Waals surface area contributed by atoms with Gasteiger partial charge >= 0.3 is 0 Å². The molecule has 3 heteroatoms. The van der Waals surface area contributed by atoms with Crippen LogP contribution in [-0.4, -0.2) is 17.3 Å². The Bertz CT molecular complexity index is 526. The number of benzene rings is 1. The first-order chi connectivity index (χ1) is 8.24. The number of hydrogen-bond acceptors (Lipinski definition) is 2. The zero-order valence-corrected chi connectivity index (χ0v) is 11.2. The molecule has 0 radical (unpaired) electrons. The molecule has 0 saturated heterocycles. The zero-order valence-electron chi connectivity index (χ0n) is 9.60. The fourth-order valence-corrected chi connectivity index (χ4v) is 2.43. The third-order valence-electron chi connectivity index (χ3n) is 3.16. The van der Waals surface area contributed by atoms with E-state index in [4.69, 9.17) is 0 Å². The first-order valence-electron chi connectivity index (χ1n) is 5.72. The Morgan fingerprint density at radius 2 is 2.06 bits per heavy atom. The molecular formula is C14H13BrN2. The summed E-state index contributed by atoms with van der Waals surface area (Å²) in [6.45, 7) is 2.11. The van der Waals surface area contributed by atoms with Crippen molar-refractivity contribution in [3.8, 4) is 0 Å². The van der Waals surface area contributed by atoms with Gasteiger partial charge in [0, 0.05) is 16.9 Å². The van der Waals surface area contributed by atoms with Gasteiger partial charge in [-0.25, -0.2) is 0 Å². The number of nitrogens with zero attached hydrogens (tertiary/aromatic N) is 2. The van der Waals surface area contributed by atoms with Gasteiger partial charge in [0.2, 0.25) is 0 Å². The van der Waals surface area contributed by atoms with Crippen molar-refractivity contribution in [1.29, 1.82) is 0 Å². The van der Waals surface area contributed by atoms with E-state index in [9.17, 15) is 0 Å². The lowest BCUT2D eigenvalue weighted by Gasteiger charge is -2.25. The van der Waals surface area contributed by atoms with Gasteiger partial charge < -0.3 is 4.90 Å². The number of fused-ring (bicyclic) bond motifs is 1. The molecule has 0 amide bonds. The summed E-state index contributed by atoms with van der Waals surface area (Å²) in [6, 6.07) is 8.46. The van der Waals surface area contributed by atoms with Crippen LogP contribution in [0.1, 0.15) is 18.9 Å². The van der Waals surface area contributed by atoms with Crippen molar-refractivity contribution >= 4 is 27.7 Å². The van der Waals surface area contributed by atoms with Crippen LogP contribution in [0.3, 0.4) is 0 Å². The van der Waals surface area contributed by atoms with Crippen molar-refractivity contribution in [1.82, 2.24) is 4.90 Å². The van der Waals surface area contributed by atoms with Gasteiger partial charge in [0.1, 0.15) is 6.17 Å². The molecule has 0 fully saturated rings. The Hall–Kier alpha value is -1.35. The monoisotopic (exact) mass is 288 g/mol. The van der Waals surface area contributed by atoms with Gasteiger partial charge in [0.15, 0.2) is 0 Å². The van der Waals surface area contributed by atoms with Gasteiger partial charge in [0.05, 0.1) is 5.70 Å². The molecule has 0 spiro atoms. The minimum absolute atomic E-state index is 0.229. The predicted octanol–water partition coefficient (Wildman–Crippen LogP) is 3.81. The van der Waals surface area contributed by atoms with Crippen molar-refractivity contribution in [2.45, 2.75) is 19.5 Å². The lowest BCUT2D eigenvalue weighted by Crippen LogP contribution is -2.22. The number of halogens is 1. The van der Waals surface area contributed by atoms with Crippen LogP contribution in [0.5, 0.6) is 0 Å². The number of hydrogen-bond donors (Lipinski definition) is 0. The Morgan fingerprint density at radius 1 is 1.29 bits per heavy atom. The molecule has 0 aromatic heterocycles. The number of rotatable bonds is 1. The van der Waals surface area contributed by atoms with E-state index in [2.05, 4.69) is 69.3 Å². The largest absolute Gasteiger partial charge is 0.324 e. The first-order valence-corrected chi connectivity index (χ1v) is 6.51. The molecule has 0 saturated carbocycles. The Balaban J connectivity index is 1.91. The molecule has 2 heterocycles. The summed E-state index contributed by atoms with van der Waals surface area (Å²) in [4.78, 5) is 6.63. The van der Waals surface area contributed by atoms with E-state index in [0.717, 1.165) is 10.9 Å². The van der Waals surface area contributed by atoms with Crippen molar-refractivity contribution in [3.63, 3.8) is 0 Å². The maximum Gasteiger partial charge on any atom is 0.122 e. The van der Waals surface area contributed by atoms with Crippen molar-refractivity contribution in [2.24, 2.45) is 4.99 Å². The number of aliphatic imine (C=N–C) groups is 1. The minimum atomic E-state index is 0.229. The minimum Gasteiger partial charge on any atom is -0.324 e. The van der Waals surface area contributed by atoms with Crippen LogP contribution in [-0.2, 0) is 0 Å². The first kappa shape index (κ1) is 10.8. The molecule has 3 rings (SSSR count). The fourth-order valence-electron chi connectivity index (χ4n) is 2.17. The molecule has 0 N–H and O–H groups in total. The average molecular weight is 289 g/mol. The smallest absolute Gasteiger partial charge is 0.122 e. The van der Waals surface area contributed by atoms with E-state index >= 15 is 0 Å². The maximum atomic E-state index is 4.40. The Kier molecular flexibility index (Phi) is 2.63. The van der Waals surface area contributed by atoms with Crippen molar-refractivity contribution in [3.05, 3.63) is 52.3 Å². The van der Waals surface area contributed by atoms with E-state index in [1.165, 1.54) is 16.8 Å². The van der Waals surface area contributed by atoms with E-state index in [0.29, 0.717) is 0 Å². The van der Waals surface area contributed by atoms with Gasteiger partial charge in [-0.2, -0.15) is 0 Å². The summed E-state index contributed by atoms with van der Waals surface area (Å²) < 4.78 is 1.12. The summed E-state index contributed by atoms with van der Waals surface area (Å²) in [6.07, 6.45) is 7.62. The SMILES string of the molecule is CC1N=CC2=CCC(c3ccc(Br)cc3)=CN21. The van der Waals surface area contributed by atoms with Gasteiger partial charge in [-0.05, 0) is 36.6 Å². The van der Waals surface area contributed by atoms with Gasteiger partial charge in [-0.1, -0.05) is 34.1 Å². The second-order valence-corrected chi connectivity index (χ2v) is 5.23. The molecule has 1 aromatic carbocycles. The molecule has 0 aliphatic carbocycles. The van der Waals surface area contributed by atoms with Crippen LogP contribution in [0.15, 0.2) is 51.7 Å². The standard InChI is InChI=1S/C14H13BrN2/c1-10-16-8-14-7-4-12(9-17(10)14)11-2-5-13(15)6-3-11/h2-3,5-10H,4H2,1H3. The third-order valence-corrected chi connectivity index (χ3v) is 3.69. The van der Waals surface area contributed by atoms with E-state index < -0.39 is 0 Å². The highest BCUT2D eigenvalue weighted by molar-refractivity contribution is 9.10. The second kappa shape index (κ2) is 4.15. The quantitative estimate of drug-likeness (QED) is 0.767. The molecule has 86 valence electrons. The summed E-state index contributed by atoms with van der Waals surface area (Å²) in [5, 5.41) is 0. The summed E-state index contributed by atoms with van der Waals surface area (Å²) in [5.41, 5.74) is 3.85. The van der Waals surface area contributed by atoms with Crippen LogP contribution in [0.2, 0.25) is 0 Å². The molecule has 2 aliphatic heterocycles. The van der Waals surface area contributed by atoms with Gasteiger partial charge in [0.25, 0.3) is 0 Å². The average Bonchev–Trinajstić information content (AvgIpc) is 2.72. The van der Waals surface area contributed by atoms with Crippen LogP contribution < -0.4 is 0 Å². The lowest BCUT2D eigenvalue weighted by atomic mass is 10.0. The second-order valence-electron chi connectivity index (χ2n) is 4.31. The molecule has 1 atom stereocenters. The van der Waals surface area contributed by atoms with Crippen molar-refractivity contribution < 1.29 is 0 Å². The van der Waals surface area contributed by atoms with E-state index in [1.807, 2.05) is 6.21 Å². The Morgan fingerprint density at radius 3 is 2.82 bits per heavy atom. The topological polar surface area (TPSA) is 15.6 Å². The summed E-state index contributed by atoms with van der Waals surface area (Å²) >= 11 is 3.46. The molecule has 1 aromatic rings. The Labute approximate surface area is 109 Å². The fraction of sp³-hybridized carbons (Fsp3) is 0.214. The van der Waals surface area contributed by atoms with Crippen molar-refractivity contribution in [2.75, 3.05) is 0 Å².